The molecule has 1 N–H and O–H groups in total. The van der Waals surface area contributed by atoms with Gasteiger partial charge in [0, 0.05) is 31.2 Å². The average Bonchev–Trinajstić information content (AvgIpc) is 3.22. The lowest BCUT2D eigenvalue weighted by molar-refractivity contribution is 0.557. The highest BCUT2D eigenvalue weighted by Crippen LogP contribution is 2.24. The number of aromatic nitrogens is 2. The Balaban J connectivity index is 1.77. The van der Waals surface area contributed by atoms with Gasteiger partial charge in [-0.05, 0) is 44.7 Å². The molecule has 0 spiro atoms. The van der Waals surface area contributed by atoms with E-state index >= 15 is 0 Å². The Hall–Kier alpha value is -1.61. The molecule has 1 saturated carbocycles. The van der Waals surface area contributed by atoms with Crippen LogP contribution in [0.15, 0.2) is 30.3 Å². The van der Waals surface area contributed by atoms with Crippen molar-refractivity contribution < 1.29 is 0 Å². The van der Waals surface area contributed by atoms with Crippen molar-refractivity contribution >= 4 is 0 Å². The summed E-state index contributed by atoms with van der Waals surface area (Å²) in [6.07, 6.45) is 3.72. The maximum atomic E-state index is 4.48. The smallest absolute Gasteiger partial charge is 0.0596 e. The van der Waals surface area contributed by atoms with E-state index in [0.717, 1.165) is 24.7 Å². The SMILES string of the molecule is Cc1ccc(C(CNC2CC2)Cc2cc(C)nn2C)cc1. The second-order valence-corrected chi connectivity index (χ2v) is 6.39. The molecule has 1 atom stereocenters. The van der Waals surface area contributed by atoms with Crippen LogP contribution in [-0.2, 0) is 13.5 Å². The molecule has 2 aromatic rings. The van der Waals surface area contributed by atoms with Crippen molar-refractivity contribution in [1.29, 1.82) is 0 Å². The van der Waals surface area contributed by atoms with Gasteiger partial charge in [0.2, 0.25) is 0 Å². The highest BCUT2D eigenvalue weighted by molar-refractivity contribution is 5.26. The third kappa shape index (κ3) is 3.73. The first-order chi connectivity index (χ1) is 10.1. The van der Waals surface area contributed by atoms with Gasteiger partial charge < -0.3 is 5.32 Å². The predicted octanol–water partition coefficient (Wildman–Crippen LogP) is 3.12. The molecule has 3 rings (SSSR count). The van der Waals surface area contributed by atoms with Gasteiger partial charge in [-0.15, -0.1) is 0 Å². The van der Waals surface area contributed by atoms with Crippen LogP contribution in [0.1, 0.15) is 41.3 Å². The molecule has 1 aliphatic rings. The summed E-state index contributed by atoms with van der Waals surface area (Å²) in [6, 6.07) is 11.9. The third-order valence-electron chi connectivity index (χ3n) is 4.33. The van der Waals surface area contributed by atoms with Crippen LogP contribution >= 0.6 is 0 Å². The Morgan fingerprint density at radius 3 is 2.52 bits per heavy atom. The van der Waals surface area contributed by atoms with Crippen molar-refractivity contribution in [3.05, 3.63) is 52.8 Å². The van der Waals surface area contributed by atoms with E-state index in [-0.39, 0.29) is 0 Å². The number of benzene rings is 1. The Labute approximate surface area is 127 Å². The van der Waals surface area contributed by atoms with Crippen molar-refractivity contribution in [2.24, 2.45) is 7.05 Å². The number of nitrogens with one attached hydrogen (secondary N) is 1. The summed E-state index contributed by atoms with van der Waals surface area (Å²) in [4.78, 5) is 0. The lowest BCUT2D eigenvalue weighted by Crippen LogP contribution is -2.25. The minimum absolute atomic E-state index is 0.515. The normalized spacial score (nSPS) is 16.1. The topological polar surface area (TPSA) is 29.9 Å². The lowest BCUT2D eigenvalue weighted by Gasteiger charge is -2.18. The third-order valence-corrected chi connectivity index (χ3v) is 4.33. The van der Waals surface area contributed by atoms with Gasteiger partial charge in [-0.2, -0.15) is 5.10 Å². The molecule has 1 aromatic heterocycles. The van der Waals surface area contributed by atoms with Crippen LogP contribution in [0.5, 0.6) is 0 Å². The van der Waals surface area contributed by atoms with Crippen LogP contribution in [0, 0.1) is 13.8 Å². The van der Waals surface area contributed by atoms with Crippen molar-refractivity contribution in [3.8, 4) is 0 Å². The van der Waals surface area contributed by atoms with Crippen molar-refractivity contribution in [1.82, 2.24) is 15.1 Å². The summed E-state index contributed by atoms with van der Waals surface area (Å²) in [5.74, 6) is 0.515. The molecule has 1 heterocycles. The summed E-state index contributed by atoms with van der Waals surface area (Å²) < 4.78 is 2.02. The van der Waals surface area contributed by atoms with E-state index < -0.39 is 0 Å². The number of nitrogens with zero attached hydrogens (tertiary/aromatic N) is 2. The second kappa shape index (κ2) is 6.02. The highest BCUT2D eigenvalue weighted by Gasteiger charge is 2.23. The standard InChI is InChI=1S/C18H25N3/c1-13-4-6-15(7-5-13)16(12-19-17-8-9-17)11-18-10-14(2)20-21(18)3/h4-7,10,16-17,19H,8-9,11-12H2,1-3H3. The molecular weight excluding hydrogens is 258 g/mol. The van der Waals surface area contributed by atoms with Gasteiger partial charge in [-0.3, -0.25) is 4.68 Å². The van der Waals surface area contributed by atoms with E-state index in [4.69, 9.17) is 0 Å². The van der Waals surface area contributed by atoms with Crippen LogP contribution in [-0.4, -0.2) is 22.4 Å². The maximum Gasteiger partial charge on any atom is 0.0596 e. The van der Waals surface area contributed by atoms with E-state index in [0.29, 0.717) is 5.92 Å². The summed E-state index contributed by atoms with van der Waals surface area (Å²) in [7, 11) is 2.04. The quantitative estimate of drug-likeness (QED) is 0.883. The van der Waals surface area contributed by atoms with Gasteiger partial charge in [-0.25, -0.2) is 0 Å². The molecular formula is C18H25N3. The van der Waals surface area contributed by atoms with Gasteiger partial charge >= 0.3 is 0 Å². The van der Waals surface area contributed by atoms with E-state index in [9.17, 15) is 0 Å². The predicted molar refractivity (Wildman–Crippen MR) is 86.6 cm³/mol. The van der Waals surface area contributed by atoms with Crippen LogP contribution in [0.25, 0.3) is 0 Å². The summed E-state index contributed by atoms with van der Waals surface area (Å²) in [5, 5.41) is 8.16. The molecule has 1 aliphatic carbocycles. The second-order valence-electron chi connectivity index (χ2n) is 6.39. The molecule has 0 radical (unpaired) electrons. The minimum atomic E-state index is 0.515. The van der Waals surface area contributed by atoms with Gasteiger partial charge in [0.15, 0.2) is 0 Å². The van der Waals surface area contributed by atoms with E-state index in [2.05, 4.69) is 54.6 Å². The first kappa shape index (κ1) is 14.3. The zero-order valence-electron chi connectivity index (χ0n) is 13.3. The highest BCUT2D eigenvalue weighted by atomic mass is 15.3. The average molecular weight is 283 g/mol. The zero-order chi connectivity index (χ0) is 14.8. The van der Waals surface area contributed by atoms with Gasteiger partial charge in [0.1, 0.15) is 0 Å². The molecule has 1 aromatic carbocycles. The molecule has 0 aliphatic heterocycles. The molecule has 21 heavy (non-hydrogen) atoms. The number of aryl methyl sites for hydroxylation is 3. The van der Waals surface area contributed by atoms with E-state index in [1.807, 2.05) is 11.7 Å². The summed E-state index contributed by atoms with van der Waals surface area (Å²) >= 11 is 0. The monoisotopic (exact) mass is 283 g/mol. The van der Waals surface area contributed by atoms with Crippen LogP contribution in [0.4, 0.5) is 0 Å². The van der Waals surface area contributed by atoms with E-state index in [1.165, 1.54) is 29.7 Å². The molecule has 0 bridgehead atoms. The Kier molecular flexibility index (Phi) is 4.11. The zero-order valence-corrected chi connectivity index (χ0v) is 13.3. The fourth-order valence-corrected chi connectivity index (χ4v) is 2.85. The summed E-state index contributed by atoms with van der Waals surface area (Å²) in [6.45, 7) is 5.26. The molecule has 112 valence electrons. The molecule has 3 nitrogen and oxygen atoms in total. The summed E-state index contributed by atoms with van der Waals surface area (Å²) in [5.41, 5.74) is 5.16. The molecule has 3 heteroatoms. The van der Waals surface area contributed by atoms with Gasteiger partial charge in [0.05, 0.1) is 5.69 Å². The lowest BCUT2D eigenvalue weighted by atomic mass is 9.93. The molecule has 0 saturated heterocycles. The van der Waals surface area contributed by atoms with Crippen LogP contribution < -0.4 is 5.32 Å². The van der Waals surface area contributed by atoms with Crippen molar-refractivity contribution in [3.63, 3.8) is 0 Å². The van der Waals surface area contributed by atoms with Gasteiger partial charge in [0.25, 0.3) is 0 Å². The largest absolute Gasteiger partial charge is 0.313 e. The first-order valence-electron chi connectivity index (χ1n) is 7.91. The number of rotatable bonds is 6. The first-order valence-corrected chi connectivity index (χ1v) is 7.91. The van der Waals surface area contributed by atoms with Crippen LogP contribution in [0.3, 0.4) is 0 Å². The fourth-order valence-electron chi connectivity index (χ4n) is 2.85. The Morgan fingerprint density at radius 2 is 1.95 bits per heavy atom. The van der Waals surface area contributed by atoms with Crippen LogP contribution in [0.2, 0.25) is 0 Å². The molecule has 1 unspecified atom stereocenters. The van der Waals surface area contributed by atoms with E-state index in [1.54, 1.807) is 0 Å². The minimum Gasteiger partial charge on any atom is -0.313 e. The van der Waals surface area contributed by atoms with Crippen molar-refractivity contribution in [2.75, 3.05) is 6.54 Å². The number of hydrogen-bond donors (Lipinski definition) is 1. The maximum absolute atomic E-state index is 4.48. The molecule has 0 amide bonds. The van der Waals surface area contributed by atoms with Gasteiger partial charge in [-0.1, -0.05) is 29.8 Å². The Morgan fingerprint density at radius 1 is 1.24 bits per heavy atom. The Bertz CT molecular complexity index is 593. The number of hydrogen-bond acceptors (Lipinski definition) is 2. The molecule has 1 fully saturated rings. The fraction of sp³-hybridized carbons (Fsp3) is 0.500. The van der Waals surface area contributed by atoms with Crippen molar-refractivity contribution in [2.45, 2.75) is 45.1 Å².